The highest BCUT2D eigenvalue weighted by Gasteiger charge is 2.34. The van der Waals surface area contributed by atoms with Crippen molar-refractivity contribution >= 4 is 85.8 Å². The predicted octanol–water partition coefficient (Wildman–Crippen LogP) is 7.55. The number of amides is 2. The average molecular weight is 732 g/mol. The van der Waals surface area contributed by atoms with Crippen LogP contribution in [0.4, 0.5) is 4.79 Å². The van der Waals surface area contributed by atoms with Crippen molar-refractivity contribution in [3.05, 3.63) is 94.4 Å². The fourth-order valence-corrected chi connectivity index (χ4v) is 6.48. The molecule has 0 radical (unpaired) electrons. The van der Waals surface area contributed by atoms with Gasteiger partial charge < -0.3 is 9.47 Å². The molecule has 0 atom stereocenters. The van der Waals surface area contributed by atoms with Crippen LogP contribution >= 0.6 is 68.5 Å². The van der Waals surface area contributed by atoms with Crippen LogP contribution in [0.25, 0.3) is 6.08 Å². The van der Waals surface area contributed by atoms with Crippen molar-refractivity contribution in [1.82, 2.24) is 4.90 Å². The van der Waals surface area contributed by atoms with Crippen molar-refractivity contribution in [2.75, 3.05) is 13.2 Å². The van der Waals surface area contributed by atoms with Gasteiger partial charge in [-0.05, 0) is 105 Å². The third-order valence-corrected chi connectivity index (χ3v) is 7.93. The number of imide groups is 1. The molecule has 3 aromatic rings. The fraction of sp³-hybridized carbons (Fsp3) is 0.154. The second-order valence-electron chi connectivity index (χ2n) is 7.70. The van der Waals surface area contributed by atoms with E-state index in [1.807, 2.05) is 24.3 Å². The largest absolute Gasteiger partial charge is 0.490 e. The Morgan fingerprint density at radius 1 is 1.00 bits per heavy atom. The molecule has 1 heterocycles. The summed E-state index contributed by atoms with van der Waals surface area (Å²) in [5, 5.41) is 0.170. The molecule has 5 nitrogen and oxygen atoms in total. The molecule has 0 saturated carbocycles. The first-order valence-corrected chi connectivity index (χ1v) is 14.0. The van der Waals surface area contributed by atoms with Gasteiger partial charge in [-0.1, -0.05) is 53.6 Å². The van der Waals surface area contributed by atoms with Gasteiger partial charge in [0.1, 0.15) is 24.7 Å². The highest BCUT2D eigenvalue weighted by atomic mass is 127. The zero-order valence-corrected chi connectivity index (χ0v) is 24.5. The Bertz CT molecular complexity index is 1270. The molecule has 1 fully saturated rings. The lowest BCUT2D eigenvalue weighted by Crippen LogP contribution is -2.32. The van der Waals surface area contributed by atoms with E-state index in [1.165, 1.54) is 10.5 Å². The summed E-state index contributed by atoms with van der Waals surface area (Å²) in [5.74, 6) is 0.992. The van der Waals surface area contributed by atoms with Gasteiger partial charge in [-0.2, -0.15) is 0 Å². The summed E-state index contributed by atoms with van der Waals surface area (Å²) < 4.78 is 13.6. The van der Waals surface area contributed by atoms with Crippen LogP contribution in [0.5, 0.6) is 11.5 Å². The lowest BCUT2D eigenvalue weighted by Gasteiger charge is -2.14. The third kappa shape index (κ3) is 6.72. The number of ether oxygens (including phenoxy) is 2. The Hall–Kier alpha value is -1.76. The maximum atomic E-state index is 12.9. The zero-order chi connectivity index (χ0) is 24.9. The second kappa shape index (κ2) is 12.0. The van der Waals surface area contributed by atoms with E-state index in [1.54, 1.807) is 18.2 Å². The molecular weight excluding hydrogens is 712 g/mol. The maximum absolute atomic E-state index is 12.9. The van der Waals surface area contributed by atoms with Gasteiger partial charge in [0.15, 0.2) is 0 Å². The zero-order valence-electron chi connectivity index (χ0n) is 18.6. The van der Waals surface area contributed by atoms with Crippen LogP contribution in [-0.2, 0) is 11.4 Å². The topological polar surface area (TPSA) is 55.8 Å². The third-order valence-electron chi connectivity index (χ3n) is 5.10. The van der Waals surface area contributed by atoms with Crippen LogP contribution in [0.1, 0.15) is 16.7 Å². The van der Waals surface area contributed by atoms with Gasteiger partial charge in [0.2, 0.25) is 0 Å². The molecule has 1 aliphatic rings. The summed E-state index contributed by atoms with van der Waals surface area (Å²) in [5.41, 5.74) is 3.14. The number of carbonyl (C=O) groups excluding carboxylic acids is 2. The molecule has 0 spiro atoms. The Morgan fingerprint density at radius 2 is 1.69 bits per heavy atom. The number of carbonyl (C=O) groups is 2. The van der Waals surface area contributed by atoms with Crippen molar-refractivity contribution < 1.29 is 19.1 Å². The quantitative estimate of drug-likeness (QED) is 0.177. The predicted molar refractivity (Wildman–Crippen MR) is 157 cm³/mol. The van der Waals surface area contributed by atoms with E-state index in [0.717, 1.165) is 35.8 Å². The molecule has 0 unspecified atom stereocenters. The number of aryl methyl sites for hydroxylation is 1. The Balaban J connectivity index is 1.41. The minimum atomic E-state index is -0.326. The summed E-state index contributed by atoms with van der Waals surface area (Å²) in [6.45, 7) is 2.84. The van der Waals surface area contributed by atoms with Crippen LogP contribution in [0.2, 0.25) is 5.02 Å². The molecule has 3 aromatic carbocycles. The lowest BCUT2D eigenvalue weighted by molar-refractivity contribution is -0.123. The van der Waals surface area contributed by atoms with Crippen molar-refractivity contribution in [2.24, 2.45) is 0 Å². The summed E-state index contributed by atoms with van der Waals surface area (Å²) in [6, 6.07) is 19.2. The highest BCUT2D eigenvalue weighted by Crippen LogP contribution is 2.35. The van der Waals surface area contributed by atoms with Gasteiger partial charge in [-0.25, -0.2) is 0 Å². The lowest BCUT2D eigenvalue weighted by atomic mass is 10.1. The number of hydrogen-bond donors (Lipinski definition) is 0. The fourth-order valence-electron chi connectivity index (χ4n) is 3.29. The van der Waals surface area contributed by atoms with Gasteiger partial charge in [0, 0.05) is 0 Å². The van der Waals surface area contributed by atoms with E-state index in [0.29, 0.717) is 22.3 Å². The standard InChI is InChI=1S/C26H20ClI2NO4S/c1-16-6-8-17(9-7-16)15-34-24-20(28)12-18(13-21(24)29)14-23-25(31)30(26(32)35-23)10-11-33-22-5-3-2-4-19(22)27/h2-9,12-14H,10-11,15H2,1H3/b23-14-. The number of thioether (sulfide) groups is 1. The molecule has 2 amide bonds. The Labute approximate surface area is 240 Å². The van der Waals surface area contributed by atoms with E-state index in [2.05, 4.69) is 76.4 Å². The summed E-state index contributed by atoms with van der Waals surface area (Å²) in [6.07, 6.45) is 1.74. The Kier molecular flexibility index (Phi) is 9.01. The van der Waals surface area contributed by atoms with Crippen LogP contribution in [0.15, 0.2) is 65.6 Å². The number of benzene rings is 3. The normalized spacial score (nSPS) is 14.6. The molecule has 0 N–H and O–H groups in total. The van der Waals surface area contributed by atoms with Crippen LogP contribution in [0, 0.1) is 14.1 Å². The van der Waals surface area contributed by atoms with Crippen molar-refractivity contribution in [3.8, 4) is 11.5 Å². The van der Waals surface area contributed by atoms with Gasteiger partial charge >= 0.3 is 0 Å². The van der Waals surface area contributed by atoms with E-state index in [9.17, 15) is 9.59 Å². The minimum absolute atomic E-state index is 0.147. The first-order chi connectivity index (χ1) is 16.8. The van der Waals surface area contributed by atoms with Crippen LogP contribution in [0.3, 0.4) is 0 Å². The van der Waals surface area contributed by atoms with Crippen LogP contribution < -0.4 is 9.47 Å². The number of halogens is 3. The SMILES string of the molecule is Cc1ccc(COc2c(I)cc(/C=C3\SC(=O)N(CCOc4ccccc4Cl)C3=O)cc2I)cc1. The first-order valence-electron chi connectivity index (χ1n) is 10.6. The highest BCUT2D eigenvalue weighted by molar-refractivity contribution is 14.1. The van der Waals surface area contributed by atoms with Gasteiger partial charge in [-0.15, -0.1) is 0 Å². The molecular formula is C26H20ClI2NO4S. The number of hydrogen-bond acceptors (Lipinski definition) is 5. The van der Waals surface area contributed by atoms with Gasteiger partial charge in [0.05, 0.1) is 23.6 Å². The average Bonchev–Trinajstić information content (AvgIpc) is 3.08. The smallest absolute Gasteiger partial charge is 0.293 e. The van der Waals surface area contributed by atoms with Crippen molar-refractivity contribution in [3.63, 3.8) is 0 Å². The maximum Gasteiger partial charge on any atom is 0.293 e. The second-order valence-corrected chi connectivity index (χ2v) is 11.4. The van der Waals surface area contributed by atoms with Crippen LogP contribution in [-0.4, -0.2) is 29.2 Å². The molecule has 1 saturated heterocycles. The molecule has 35 heavy (non-hydrogen) atoms. The van der Waals surface area contributed by atoms with E-state index >= 15 is 0 Å². The summed E-state index contributed by atoms with van der Waals surface area (Å²) in [4.78, 5) is 26.9. The number of nitrogens with zero attached hydrogens (tertiary/aromatic N) is 1. The van der Waals surface area contributed by atoms with E-state index < -0.39 is 0 Å². The van der Waals surface area contributed by atoms with E-state index in [4.69, 9.17) is 21.1 Å². The molecule has 4 rings (SSSR count). The molecule has 0 aliphatic carbocycles. The molecule has 9 heteroatoms. The monoisotopic (exact) mass is 731 g/mol. The van der Waals surface area contributed by atoms with Crippen molar-refractivity contribution in [1.29, 1.82) is 0 Å². The first kappa shape index (κ1) is 26.3. The summed E-state index contributed by atoms with van der Waals surface area (Å²) >= 11 is 11.5. The molecule has 0 bridgehead atoms. The Morgan fingerprint density at radius 3 is 2.37 bits per heavy atom. The number of rotatable bonds is 8. The molecule has 1 aliphatic heterocycles. The molecule has 0 aromatic heterocycles. The minimum Gasteiger partial charge on any atom is -0.490 e. The van der Waals surface area contributed by atoms with E-state index in [-0.39, 0.29) is 24.3 Å². The van der Waals surface area contributed by atoms with Gasteiger partial charge in [-0.3, -0.25) is 14.5 Å². The van der Waals surface area contributed by atoms with Gasteiger partial charge in [0.25, 0.3) is 11.1 Å². The molecule has 180 valence electrons. The summed E-state index contributed by atoms with van der Waals surface area (Å²) in [7, 11) is 0. The van der Waals surface area contributed by atoms with Crippen molar-refractivity contribution in [2.45, 2.75) is 13.5 Å². The number of para-hydroxylation sites is 1.